The minimum Gasteiger partial charge on any atom is -0.306 e. The van der Waals surface area contributed by atoms with Gasteiger partial charge in [-0.1, -0.05) is 11.6 Å². The van der Waals surface area contributed by atoms with Crippen LogP contribution in [0.15, 0.2) is 36.9 Å². The van der Waals surface area contributed by atoms with Gasteiger partial charge in [0.05, 0.1) is 22.3 Å². The van der Waals surface area contributed by atoms with Crippen LogP contribution in [-0.4, -0.2) is 15.6 Å². The molecule has 0 saturated carbocycles. The Bertz CT molecular complexity index is 586. The van der Waals surface area contributed by atoms with Gasteiger partial charge >= 0.3 is 6.03 Å². The second kappa shape index (κ2) is 4.68. The summed E-state index contributed by atoms with van der Waals surface area (Å²) in [7, 11) is 0. The fourth-order valence-electron chi connectivity index (χ4n) is 1.25. The predicted molar refractivity (Wildman–Crippen MR) is 62.8 cm³/mol. The molecule has 0 spiro atoms. The Labute approximate surface area is 102 Å². The zero-order valence-corrected chi connectivity index (χ0v) is 9.35. The lowest BCUT2D eigenvalue weighted by Crippen LogP contribution is -2.18. The van der Waals surface area contributed by atoms with Gasteiger partial charge in [-0.05, 0) is 18.2 Å². The molecule has 0 bridgehead atoms. The maximum Gasteiger partial charge on any atom is 0.331 e. The van der Waals surface area contributed by atoms with Crippen molar-refractivity contribution in [2.24, 2.45) is 0 Å². The van der Waals surface area contributed by atoms with E-state index in [2.05, 4.69) is 10.3 Å². The molecule has 1 aromatic heterocycles. The molecule has 1 heterocycles. The van der Waals surface area contributed by atoms with Crippen molar-refractivity contribution in [1.29, 1.82) is 5.26 Å². The maximum atomic E-state index is 11.7. The fraction of sp³-hybridized carbons (Fsp3) is 0. The maximum absolute atomic E-state index is 11.7. The van der Waals surface area contributed by atoms with Crippen LogP contribution in [0.2, 0.25) is 5.02 Å². The number of carbonyl (C=O) groups excluding carboxylic acids is 1. The monoisotopic (exact) mass is 246 g/mol. The van der Waals surface area contributed by atoms with Gasteiger partial charge in [-0.15, -0.1) is 0 Å². The van der Waals surface area contributed by atoms with Crippen LogP contribution in [0.5, 0.6) is 0 Å². The van der Waals surface area contributed by atoms with E-state index in [-0.39, 0.29) is 6.03 Å². The largest absolute Gasteiger partial charge is 0.331 e. The minimum absolute atomic E-state index is 0.373. The lowest BCUT2D eigenvalue weighted by atomic mass is 10.2. The summed E-state index contributed by atoms with van der Waals surface area (Å²) in [5.74, 6) is 0. The van der Waals surface area contributed by atoms with E-state index in [0.29, 0.717) is 16.3 Å². The van der Waals surface area contributed by atoms with E-state index in [1.807, 2.05) is 6.07 Å². The van der Waals surface area contributed by atoms with E-state index in [1.165, 1.54) is 29.4 Å². The summed E-state index contributed by atoms with van der Waals surface area (Å²) >= 11 is 5.91. The first-order chi connectivity index (χ1) is 8.20. The van der Waals surface area contributed by atoms with Crippen LogP contribution in [0, 0.1) is 11.3 Å². The van der Waals surface area contributed by atoms with Crippen LogP contribution >= 0.6 is 11.6 Å². The van der Waals surface area contributed by atoms with Gasteiger partial charge in [-0.25, -0.2) is 9.78 Å². The van der Waals surface area contributed by atoms with Crippen LogP contribution in [0.3, 0.4) is 0 Å². The molecule has 0 fully saturated rings. The van der Waals surface area contributed by atoms with Crippen LogP contribution in [-0.2, 0) is 0 Å². The lowest BCUT2D eigenvalue weighted by molar-refractivity contribution is 0.253. The highest BCUT2D eigenvalue weighted by atomic mass is 35.5. The topological polar surface area (TPSA) is 70.7 Å². The van der Waals surface area contributed by atoms with Gasteiger partial charge in [-0.2, -0.15) is 5.26 Å². The number of carbonyl (C=O) groups is 1. The summed E-state index contributed by atoms with van der Waals surface area (Å²) in [5.41, 5.74) is 0.819. The molecular weight excluding hydrogens is 240 g/mol. The van der Waals surface area contributed by atoms with E-state index < -0.39 is 0 Å². The summed E-state index contributed by atoms with van der Waals surface area (Å²) in [4.78, 5) is 15.5. The third kappa shape index (κ3) is 2.44. The zero-order chi connectivity index (χ0) is 12.3. The first-order valence-electron chi connectivity index (χ1n) is 4.69. The summed E-state index contributed by atoms with van der Waals surface area (Å²) in [6, 6.07) is 6.23. The number of rotatable bonds is 1. The van der Waals surface area contributed by atoms with Crippen molar-refractivity contribution in [2.75, 3.05) is 5.32 Å². The normalized spacial score (nSPS) is 9.65. The lowest BCUT2D eigenvalue weighted by Gasteiger charge is -2.07. The van der Waals surface area contributed by atoms with E-state index >= 15 is 0 Å². The molecule has 0 atom stereocenters. The molecule has 2 aromatic rings. The number of nitrogens with one attached hydrogen (secondary N) is 1. The first kappa shape index (κ1) is 11.2. The second-order valence-corrected chi connectivity index (χ2v) is 3.61. The van der Waals surface area contributed by atoms with E-state index in [9.17, 15) is 4.79 Å². The smallest absolute Gasteiger partial charge is 0.306 e. The van der Waals surface area contributed by atoms with Crippen LogP contribution in [0.1, 0.15) is 5.56 Å². The predicted octanol–water partition coefficient (Wildman–Crippen LogP) is 2.49. The van der Waals surface area contributed by atoms with Crippen molar-refractivity contribution in [2.45, 2.75) is 0 Å². The highest BCUT2D eigenvalue weighted by Gasteiger charge is 2.07. The summed E-state index contributed by atoms with van der Waals surface area (Å²) in [5, 5.41) is 11.7. The molecular formula is C11H7ClN4O. The molecule has 6 heteroatoms. The van der Waals surface area contributed by atoms with Crippen molar-refractivity contribution in [3.63, 3.8) is 0 Å². The standard InChI is InChI=1S/C11H7ClN4O/c12-9-2-1-8(6-13)5-10(9)15-11(17)16-4-3-14-7-16/h1-5,7H,(H,15,17). The van der Waals surface area contributed by atoms with Gasteiger partial charge < -0.3 is 5.32 Å². The Morgan fingerprint density at radius 2 is 2.35 bits per heavy atom. The molecule has 0 aliphatic carbocycles. The number of imidazole rings is 1. The van der Waals surface area contributed by atoms with Crippen LogP contribution < -0.4 is 5.32 Å². The second-order valence-electron chi connectivity index (χ2n) is 3.21. The van der Waals surface area contributed by atoms with Gasteiger partial charge in [0.15, 0.2) is 0 Å². The van der Waals surface area contributed by atoms with Crippen molar-refractivity contribution >= 4 is 23.3 Å². The Morgan fingerprint density at radius 3 is 3.00 bits per heavy atom. The van der Waals surface area contributed by atoms with Crippen LogP contribution in [0.4, 0.5) is 10.5 Å². The van der Waals surface area contributed by atoms with Gasteiger partial charge in [0.1, 0.15) is 6.33 Å². The summed E-state index contributed by atoms with van der Waals surface area (Å²) < 4.78 is 1.27. The Hall–Kier alpha value is -2.32. The van der Waals surface area contributed by atoms with Crippen molar-refractivity contribution in [3.05, 3.63) is 47.5 Å². The molecule has 17 heavy (non-hydrogen) atoms. The quantitative estimate of drug-likeness (QED) is 0.840. The molecule has 0 aliphatic heterocycles. The Kier molecular flexibility index (Phi) is 3.08. The highest BCUT2D eigenvalue weighted by Crippen LogP contribution is 2.22. The average Bonchev–Trinajstić information content (AvgIpc) is 2.85. The van der Waals surface area contributed by atoms with Crippen molar-refractivity contribution in [3.8, 4) is 6.07 Å². The molecule has 1 N–H and O–H groups in total. The van der Waals surface area contributed by atoms with Gasteiger partial charge in [0.25, 0.3) is 0 Å². The zero-order valence-electron chi connectivity index (χ0n) is 8.59. The number of nitriles is 1. The van der Waals surface area contributed by atoms with Crippen molar-refractivity contribution in [1.82, 2.24) is 9.55 Å². The number of aromatic nitrogens is 2. The van der Waals surface area contributed by atoms with Gasteiger partial charge in [0.2, 0.25) is 0 Å². The number of anilines is 1. The number of amides is 1. The fourth-order valence-corrected chi connectivity index (χ4v) is 1.41. The Balaban J connectivity index is 2.25. The number of nitrogens with zero attached hydrogens (tertiary/aromatic N) is 3. The molecule has 0 aliphatic rings. The molecule has 2 rings (SSSR count). The first-order valence-corrected chi connectivity index (χ1v) is 5.07. The van der Waals surface area contributed by atoms with E-state index in [0.717, 1.165) is 0 Å². The third-order valence-electron chi connectivity index (χ3n) is 2.08. The van der Waals surface area contributed by atoms with E-state index in [1.54, 1.807) is 12.1 Å². The molecule has 0 radical (unpaired) electrons. The van der Waals surface area contributed by atoms with Crippen LogP contribution in [0.25, 0.3) is 0 Å². The number of hydrogen-bond acceptors (Lipinski definition) is 3. The summed E-state index contributed by atoms with van der Waals surface area (Å²) in [6.07, 6.45) is 4.38. The SMILES string of the molecule is N#Cc1ccc(Cl)c(NC(=O)n2ccnc2)c1. The molecule has 0 unspecified atom stereocenters. The molecule has 1 amide bonds. The minimum atomic E-state index is -0.389. The molecule has 0 saturated heterocycles. The van der Waals surface area contributed by atoms with Gasteiger partial charge in [0, 0.05) is 12.4 Å². The molecule has 84 valence electrons. The third-order valence-corrected chi connectivity index (χ3v) is 2.41. The van der Waals surface area contributed by atoms with Gasteiger partial charge in [-0.3, -0.25) is 4.57 Å². The number of benzene rings is 1. The van der Waals surface area contributed by atoms with Crippen molar-refractivity contribution < 1.29 is 4.79 Å². The number of hydrogen-bond donors (Lipinski definition) is 1. The average molecular weight is 247 g/mol. The summed E-state index contributed by atoms with van der Waals surface area (Å²) in [6.45, 7) is 0. The highest BCUT2D eigenvalue weighted by molar-refractivity contribution is 6.33. The molecule has 1 aromatic carbocycles. The van der Waals surface area contributed by atoms with E-state index in [4.69, 9.17) is 16.9 Å². The molecule has 5 nitrogen and oxygen atoms in total. The number of halogens is 1. The Morgan fingerprint density at radius 1 is 1.53 bits per heavy atom.